The number of hydrogen-bond acceptors (Lipinski definition) is 3. The van der Waals surface area contributed by atoms with Crippen LogP contribution in [0.25, 0.3) is 0 Å². The molecule has 0 N–H and O–H groups in total. The van der Waals surface area contributed by atoms with Crippen molar-refractivity contribution in [3.05, 3.63) is 55.2 Å². The molecule has 1 heterocycles. The smallest absolute Gasteiger partial charge is 0.186 e. The zero-order valence-corrected chi connectivity index (χ0v) is 12.4. The molecule has 0 saturated heterocycles. The van der Waals surface area contributed by atoms with Crippen molar-refractivity contribution in [2.24, 2.45) is 0 Å². The van der Waals surface area contributed by atoms with Gasteiger partial charge in [0.15, 0.2) is 5.78 Å². The van der Waals surface area contributed by atoms with E-state index >= 15 is 0 Å². The van der Waals surface area contributed by atoms with E-state index in [2.05, 4.69) is 0 Å². The maximum Gasteiger partial charge on any atom is 0.186 e. The Kier molecular flexibility index (Phi) is 4.49. The van der Waals surface area contributed by atoms with Gasteiger partial charge in [-0.15, -0.1) is 11.3 Å². The van der Waals surface area contributed by atoms with Crippen molar-refractivity contribution in [2.45, 2.75) is 5.92 Å². The highest BCUT2D eigenvalue weighted by molar-refractivity contribution is 7.20. The first kappa shape index (κ1) is 14.4. The van der Waals surface area contributed by atoms with Gasteiger partial charge in [-0.2, -0.15) is 5.26 Å². The van der Waals surface area contributed by atoms with E-state index in [1.54, 1.807) is 24.3 Å². The highest BCUT2D eigenvalue weighted by Crippen LogP contribution is 2.34. The Morgan fingerprint density at radius 1 is 1.26 bits per heavy atom. The number of carbonyl (C=O) groups is 1. The topological polar surface area (TPSA) is 40.9 Å². The predicted molar refractivity (Wildman–Crippen MR) is 78.5 cm³/mol. The molecule has 96 valence electrons. The summed E-state index contributed by atoms with van der Waals surface area (Å²) in [5, 5.41) is 9.69. The van der Waals surface area contributed by atoms with Crippen molar-refractivity contribution >= 4 is 51.9 Å². The zero-order chi connectivity index (χ0) is 14.0. The van der Waals surface area contributed by atoms with E-state index in [4.69, 9.17) is 34.8 Å². The van der Waals surface area contributed by atoms with Crippen LogP contribution in [0, 0.1) is 11.3 Å². The Morgan fingerprint density at radius 3 is 2.53 bits per heavy atom. The fraction of sp³-hybridized carbons (Fsp3) is 0.0769. The highest BCUT2D eigenvalue weighted by Gasteiger charge is 2.25. The van der Waals surface area contributed by atoms with Crippen molar-refractivity contribution in [1.82, 2.24) is 0 Å². The molecule has 2 rings (SSSR count). The second kappa shape index (κ2) is 5.94. The molecule has 1 aromatic carbocycles. The molecule has 2 nitrogen and oxygen atoms in total. The quantitative estimate of drug-likeness (QED) is 0.726. The first-order valence-electron chi connectivity index (χ1n) is 5.17. The fourth-order valence-corrected chi connectivity index (χ4v) is 3.31. The second-order valence-electron chi connectivity index (χ2n) is 3.72. The number of benzene rings is 1. The Morgan fingerprint density at radius 2 is 2.00 bits per heavy atom. The van der Waals surface area contributed by atoms with Crippen LogP contribution >= 0.6 is 46.1 Å². The van der Waals surface area contributed by atoms with Crippen LogP contribution in [-0.4, -0.2) is 5.78 Å². The number of halogens is 3. The lowest BCUT2D eigenvalue weighted by Crippen LogP contribution is -2.10. The summed E-state index contributed by atoms with van der Waals surface area (Å²) in [6.07, 6.45) is 0. The van der Waals surface area contributed by atoms with Gasteiger partial charge in [-0.05, 0) is 23.8 Å². The van der Waals surface area contributed by atoms with E-state index in [1.165, 1.54) is 6.07 Å². The van der Waals surface area contributed by atoms with E-state index in [0.29, 0.717) is 14.9 Å². The van der Waals surface area contributed by atoms with E-state index < -0.39 is 5.92 Å². The minimum atomic E-state index is -0.943. The molecule has 1 aromatic heterocycles. The number of nitrogens with zero attached hydrogens (tertiary/aromatic N) is 1. The largest absolute Gasteiger partial charge is 0.292 e. The Bertz CT molecular complexity index is 675. The van der Waals surface area contributed by atoms with Gasteiger partial charge in [-0.3, -0.25) is 4.79 Å². The first-order valence-corrected chi connectivity index (χ1v) is 7.12. The number of thiophene rings is 1. The molecular weight excluding hydrogens is 325 g/mol. The minimum Gasteiger partial charge on any atom is -0.292 e. The molecule has 0 fully saturated rings. The van der Waals surface area contributed by atoms with Crippen LogP contribution in [0.1, 0.15) is 21.8 Å². The van der Waals surface area contributed by atoms with Crippen LogP contribution in [0.5, 0.6) is 0 Å². The molecule has 0 amide bonds. The summed E-state index contributed by atoms with van der Waals surface area (Å²) < 4.78 is 0.702. The van der Waals surface area contributed by atoms with Crippen LogP contribution in [0.15, 0.2) is 30.3 Å². The standard InChI is InChI=1S/C13H6Cl3NOS/c14-8-3-1-2-7(4-8)10(6-17)12(18)9-5-11(15)19-13(9)16/h1-5,10H. The third-order valence-corrected chi connectivity index (χ3v) is 4.22. The number of Topliss-reactive ketones (excluding diaryl/α,β-unsaturated/α-hetero) is 1. The van der Waals surface area contributed by atoms with Gasteiger partial charge in [0.1, 0.15) is 10.3 Å². The molecule has 19 heavy (non-hydrogen) atoms. The van der Waals surface area contributed by atoms with Crippen LogP contribution in [-0.2, 0) is 0 Å². The fourth-order valence-electron chi connectivity index (χ4n) is 1.63. The van der Waals surface area contributed by atoms with E-state index in [1.807, 2.05) is 6.07 Å². The van der Waals surface area contributed by atoms with Crippen molar-refractivity contribution in [2.75, 3.05) is 0 Å². The number of nitriles is 1. The van der Waals surface area contributed by atoms with Gasteiger partial charge in [-0.1, -0.05) is 46.9 Å². The normalized spacial score (nSPS) is 11.9. The molecule has 0 aliphatic carbocycles. The number of ketones is 1. The van der Waals surface area contributed by atoms with Gasteiger partial charge < -0.3 is 0 Å². The lowest BCUT2D eigenvalue weighted by atomic mass is 9.93. The molecule has 0 spiro atoms. The number of hydrogen-bond donors (Lipinski definition) is 0. The lowest BCUT2D eigenvalue weighted by molar-refractivity contribution is 0.0979. The lowest BCUT2D eigenvalue weighted by Gasteiger charge is -2.08. The molecular formula is C13H6Cl3NOS. The third kappa shape index (κ3) is 3.10. The summed E-state index contributed by atoms with van der Waals surface area (Å²) in [4.78, 5) is 12.3. The summed E-state index contributed by atoms with van der Waals surface area (Å²) >= 11 is 18.7. The average Bonchev–Trinajstić information content (AvgIpc) is 2.69. The Balaban J connectivity index is 2.41. The van der Waals surface area contributed by atoms with Gasteiger partial charge in [0.2, 0.25) is 0 Å². The molecule has 6 heteroatoms. The molecule has 0 radical (unpaired) electrons. The molecule has 0 aliphatic rings. The van der Waals surface area contributed by atoms with Crippen LogP contribution in [0.4, 0.5) is 0 Å². The first-order chi connectivity index (χ1) is 9.02. The van der Waals surface area contributed by atoms with Crippen LogP contribution < -0.4 is 0 Å². The van der Waals surface area contributed by atoms with Crippen LogP contribution in [0.2, 0.25) is 13.7 Å². The SMILES string of the molecule is N#CC(C(=O)c1cc(Cl)sc1Cl)c1cccc(Cl)c1. The Labute approximate surface area is 129 Å². The maximum absolute atomic E-state index is 12.3. The predicted octanol–water partition coefficient (Wildman–Crippen LogP) is 5.20. The summed E-state index contributed by atoms with van der Waals surface area (Å²) in [7, 11) is 0. The third-order valence-electron chi connectivity index (χ3n) is 2.50. The van der Waals surface area contributed by atoms with Crippen molar-refractivity contribution in [3.63, 3.8) is 0 Å². The maximum atomic E-state index is 12.3. The molecule has 1 unspecified atom stereocenters. The molecule has 0 bridgehead atoms. The van der Waals surface area contributed by atoms with Gasteiger partial charge in [0, 0.05) is 5.02 Å². The average molecular weight is 331 g/mol. The second-order valence-corrected chi connectivity index (χ2v) is 6.44. The Hall–Kier alpha value is -1.05. The molecule has 0 saturated carbocycles. The molecule has 2 aromatic rings. The highest BCUT2D eigenvalue weighted by atomic mass is 35.5. The molecule has 1 atom stereocenters. The summed E-state index contributed by atoms with van der Waals surface area (Å²) in [6, 6.07) is 10.1. The summed E-state index contributed by atoms with van der Waals surface area (Å²) in [6.45, 7) is 0. The summed E-state index contributed by atoms with van der Waals surface area (Å²) in [5.41, 5.74) is 0.807. The summed E-state index contributed by atoms with van der Waals surface area (Å²) in [5.74, 6) is -1.32. The van der Waals surface area contributed by atoms with Gasteiger partial charge in [-0.25, -0.2) is 0 Å². The zero-order valence-electron chi connectivity index (χ0n) is 9.36. The van der Waals surface area contributed by atoms with E-state index in [0.717, 1.165) is 11.3 Å². The van der Waals surface area contributed by atoms with Crippen molar-refractivity contribution in [3.8, 4) is 6.07 Å². The van der Waals surface area contributed by atoms with Gasteiger partial charge >= 0.3 is 0 Å². The monoisotopic (exact) mass is 329 g/mol. The molecule has 0 aliphatic heterocycles. The van der Waals surface area contributed by atoms with E-state index in [-0.39, 0.29) is 15.7 Å². The number of carbonyl (C=O) groups excluding carboxylic acids is 1. The van der Waals surface area contributed by atoms with Gasteiger partial charge in [0.05, 0.1) is 16.0 Å². The van der Waals surface area contributed by atoms with Gasteiger partial charge in [0.25, 0.3) is 0 Å². The van der Waals surface area contributed by atoms with Crippen LogP contribution in [0.3, 0.4) is 0 Å². The minimum absolute atomic E-state index is 0.267. The van der Waals surface area contributed by atoms with Crippen molar-refractivity contribution in [1.29, 1.82) is 5.26 Å². The number of rotatable bonds is 3. The van der Waals surface area contributed by atoms with Crippen molar-refractivity contribution < 1.29 is 4.79 Å². The van der Waals surface area contributed by atoms with E-state index in [9.17, 15) is 10.1 Å².